The number of phenols is 1. The maximum atomic E-state index is 12.9. The molecule has 0 aliphatic rings. The van der Waals surface area contributed by atoms with Gasteiger partial charge in [0.1, 0.15) is 11.5 Å². The van der Waals surface area contributed by atoms with E-state index >= 15 is 0 Å². The van der Waals surface area contributed by atoms with Crippen molar-refractivity contribution >= 4 is 28.1 Å². The van der Waals surface area contributed by atoms with E-state index in [1.165, 1.54) is 13.3 Å². The van der Waals surface area contributed by atoms with Crippen LogP contribution in [0, 0.1) is 0 Å². The van der Waals surface area contributed by atoms with Crippen molar-refractivity contribution in [3.8, 4) is 11.5 Å². The van der Waals surface area contributed by atoms with Crippen molar-refractivity contribution in [1.29, 1.82) is 0 Å². The van der Waals surface area contributed by atoms with Crippen LogP contribution < -0.4 is 10.2 Å². The highest BCUT2D eigenvalue weighted by Crippen LogP contribution is 2.31. The van der Waals surface area contributed by atoms with E-state index in [4.69, 9.17) is 4.74 Å². The summed E-state index contributed by atoms with van der Waals surface area (Å²) in [4.78, 5) is 12.9. The highest BCUT2D eigenvalue weighted by molar-refractivity contribution is 9.10. The first kappa shape index (κ1) is 19.6. The predicted octanol–water partition coefficient (Wildman–Crippen LogP) is 4.45. The van der Waals surface area contributed by atoms with Crippen LogP contribution in [0.2, 0.25) is 0 Å². The number of benzene rings is 3. The van der Waals surface area contributed by atoms with Gasteiger partial charge in [0.05, 0.1) is 23.7 Å². The number of phenolic OH excluding ortho intramolecular Hbond substituents is 1. The summed E-state index contributed by atoms with van der Waals surface area (Å²) in [7, 11) is 1.53. The van der Waals surface area contributed by atoms with Gasteiger partial charge in [0.25, 0.3) is 5.91 Å². The molecule has 0 aliphatic carbocycles. The molecular formula is C22H19BrN2O3. The molecule has 0 bridgehead atoms. The van der Waals surface area contributed by atoms with Crippen LogP contribution in [0.5, 0.6) is 11.5 Å². The summed E-state index contributed by atoms with van der Waals surface area (Å²) in [5, 5.41) is 14.2. The quantitative estimate of drug-likeness (QED) is 0.441. The average Bonchev–Trinajstić information content (AvgIpc) is 2.72. The Morgan fingerprint density at radius 1 is 1.07 bits per heavy atom. The third kappa shape index (κ3) is 4.58. The number of amides is 1. The molecule has 28 heavy (non-hydrogen) atoms. The highest BCUT2D eigenvalue weighted by atomic mass is 79.9. The molecular weight excluding hydrogens is 420 g/mol. The van der Waals surface area contributed by atoms with Crippen LogP contribution in [-0.2, 0) is 4.79 Å². The molecule has 3 rings (SSSR count). The number of methoxy groups -OCH3 is 1. The number of nitrogens with zero attached hydrogens (tertiary/aromatic N) is 1. The third-order valence-electron chi connectivity index (χ3n) is 4.21. The van der Waals surface area contributed by atoms with E-state index in [1.807, 2.05) is 60.7 Å². The van der Waals surface area contributed by atoms with E-state index in [9.17, 15) is 9.90 Å². The van der Waals surface area contributed by atoms with Gasteiger partial charge in [-0.3, -0.25) is 4.79 Å². The SMILES string of the molecule is COc1cc(Br)c(O)c(/C=N\NC(=O)C(c2ccccc2)c2ccccc2)c1. The molecule has 1 amide bonds. The van der Waals surface area contributed by atoms with Gasteiger partial charge in [0.2, 0.25) is 0 Å². The van der Waals surface area contributed by atoms with Gasteiger partial charge in [-0.25, -0.2) is 5.43 Å². The van der Waals surface area contributed by atoms with Gasteiger partial charge in [-0.05, 0) is 39.2 Å². The highest BCUT2D eigenvalue weighted by Gasteiger charge is 2.22. The van der Waals surface area contributed by atoms with Gasteiger partial charge >= 0.3 is 0 Å². The minimum atomic E-state index is -0.495. The predicted molar refractivity (Wildman–Crippen MR) is 113 cm³/mol. The third-order valence-corrected chi connectivity index (χ3v) is 4.81. The fourth-order valence-electron chi connectivity index (χ4n) is 2.83. The van der Waals surface area contributed by atoms with Crippen molar-refractivity contribution < 1.29 is 14.6 Å². The number of nitrogens with one attached hydrogen (secondary N) is 1. The molecule has 0 radical (unpaired) electrons. The molecule has 6 heteroatoms. The van der Waals surface area contributed by atoms with Gasteiger partial charge in [0.15, 0.2) is 0 Å². The summed E-state index contributed by atoms with van der Waals surface area (Å²) in [5.74, 6) is -0.189. The lowest BCUT2D eigenvalue weighted by Gasteiger charge is -2.16. The van der Waals surface area contributed by atoms with Crippen molar-refractivity contribution in [3.63, 3.8) is 0 Å². The fraction of sp³-hybridized carbons (Fsp3) is 0.0909. The lowest BCUT2D eigenvalue weighted by Crippen LogP contribution is -2.26. The normalized spacial score (nSPS) is 11.0. The van der Waals surface area contributed by atoms with Crippen LogP contribution in [0.1, 0.15) is 22.6 Å². The Kier molecular flexibility index (Phi) is 6.45. The number of halogens is 1. The summed E-state index contributed by atoms with van der Waals surface area (Å²) >= 11 is 3.26. The number of hydrogen-bond donors (Lipinski definition) is 2. The first-order chi connectivity index (χ1) is 13.6. The molecule has 0 unspecified atom stereocenters. The van der Waals surface area contributed by atoms with Gasteiger partial charge in [-0.2, -0.15) is 5.10 Å². The van der Waals surface area contributed by atoms with E-state index in [2.05, 4.69) is 26.5 Å². The van der Waals surface area contributed by atoms with Crippen LogP contribution in [0.25, 0.3) is 0 Å². The summed E-state index contributed by atoms with van der Waals surface area (Å²) in [6.07, 6.45) is 1.38. The zero-order valence-corrected chi connectivity index (χ0v) is 16.8. The molecule has 0 aliphatic heterocycles. The summed E-state index contributed by atoms with van der Waals surface area (Å²) in [6, 6.07) is 22.3. The summed E-state index contributed by atoms with van der Waals surface area (Å²) in [5.41, 5.74) is 4.73. The zero-order valence-electron chi connectivity index (χ0n) is 15.2. The smallest absolute Gasteiger partial charge is 0.252 e. The van der Waals surface area contributed by atoms with Crippen LogP contribution in [0.15, 0.2) is 82.4 Å². The second kappa shape index (κ2) is 9.19. The molecule has 5 nitrogen and oxygen atoms in total. The fourth-order valence-corrected chi connectivity index (χ4v) is 3.28. The van der Waals surface area contributed by atoms with E-state index in [0.717, 1.165) is 11.1 Å². The average molecular weight is 439 g/mol. The standard InChI is InChI=1S/C22H19BrN2O3/c1-28-18-12-17(21(26)19(23)13-18)14-24-25-22(27)20(15-8-4-2-5-9-15)16-10-6-3-7-11-16/h2-14,20,26H,1H3,(H,25,27)/b24-14-. The summed E-state index contributed by atoms with van der Waals surface area (Å²) in [6.45, 7) is 0. The minimum Gasteiger partial charge on any atom is -0.506 e. The topological polar surface area (TPSA) is 70.9 Å². The summed E-state index contributed by atoms with van der Waals surface area (Å²) < 4.78 is 5.66. The molecule has 0 aromatic heterocycles. The van der Waals surface area contributed by atoms with Crippen molar-refractivity contribution in [3.05, 3.63) is 94.0 Å². The maximum absolute atomic E-state index is 12.9. The van der Waals surface area contributed by atoms with E-state index in [1.54, 1.807) is 12.1 Å². The molecule has 0 heterocycles. The Labute approximate surface area is 171 Å². The van der Waals surface area contributed by atoms with Crippen LogP contribution in [0.3, 0.4) is 0 Å². The van der Waals surface area contributed by atoms with Gasteiger partial charge < -0.3 is 9.84 Å². The first-order valence-electron chi connectivity index (χ1n) is 8.59. The number of rotatable bonds is 6. The molecule has 0 fully saturated rings. The largest absolute Gasteiger partial charge is 0.506 e. The number of ether oxygens (including phenoxy) is 1. The molecule has 142 valence electrons. The van der Waals surface area contributed by atoms with Crippen molar-refractivity contribution in [2.45, 2.75) is 5.92 Å². The molecule has 0 saturated heterocycles. The lowest BCUT2D eigenvalue weighted by molar-refractivity contribution is -0.121. The van der Waals surface area contributed by atoms with E-state index < -0.39 is 5.92 Å². The lowest BCUT2D eigenvalue weighted by atomic mass is 9.91. The van der Waals surface area contributed by atoms with Crippen LogP contribution >= 0.6 is 15.9 Å². The van der Waals surface area contributed by atoms with Gasteiger partial charge in [-0.1, -0.05) is 60.7 Å². The number of hydrogen-bond acceptors (Lipinski definition) is 4. The van der Waals surface area contributed by atoms with Crippen LogP contribution in [-0.4, -0.2) is 24.3 Å². The zero-order chi connectivity index (χ0) is 19.9. The monoisotopic (exact) mass is 438 g/mol. The minimum absolute atomic E-state index is 0.0152. The molecule has 3 aromatic rings. The van der Waals surface area contributed by atoms with Crippen molar-refractivity contribution in [1.82, 2.24) is 5.43 Å². The first-order valence-corrected chi connectivity index (χ1v) is 9.38. The maximum Gasteiger partial charge on any atom is 0.252 e. The number of carbonyl (C=O) groups excluding carboxylic acids is 1. The Morgan fingerprint density at radius 3 is 2.18 bits per heavy atom. The van der Waals surface area contributed by atoms with Gasteiger partial charge in [-0.15, -0.1) is 0 Å². The Bertz CT molecular complexity index is 936. The number of hydrazone groups is 1. The van der Waals surface area contributed by atoms with Crippen LogP contribution in [0.4, 0.5) is 0 Å². The van der Waals surface area contributed by atoms with E-state index in [0.29, 0.717) is 15.8 Å². The second-order valence-corrected chi connectivity index (χ2v) is 6.89. The van der Waals surface area contributed by atoms with Crippen molar-refractivity contribution in [2.24, 2.45) is 5.10 Å². The van der Waals surface area contributed by atoms with Crippen molar-refractivity contribution in [2.75, 3.05) is 7.11 Å². The van der Waals surface area contributed by atoms with E-state index in [-0.39, 0.29) is 11.7 Å². The molecule has 0 saturated carbocycles. The Hall–Kier alpha value is -3.12. The number of carbonyl (C=O) groups is 1. The number of aromatic hydroxyl groups is 1. The Balaban J connectivity index is 1.84. The second-order valence-electron chi connectivity index (χ2n) is 6.04. The molecule has 2 N–H and O–H groups in total. The Morgan fingerprint density at radius 2 is 1.64 bits per heavy atom. The molecule has 0 atom stereocenters. The van der Waals surface area contributed by atoms with Gasteiger partial charge in [0, 0.05) is 5.56 Å². The molecule has 3 aromatic carbocycles. The molecule has 0 spiro atoms.